The van der Waals surface area contributed by atoms with E-state index in [1.54, 1.807) is 0 Å². The predicted molar refractivity (Wildman–Crippen MR) is 80.7 cm³/mol. The van der Waals surface area contributed by atoms with Crippen LogP contribution in [0.4, 0.5) is 0 Å². The zero-order valence-electron chi connectivity index (χ0n) is 12.8. The normalized spacial score (nSPS) is 21.9. The SMILES string of the molecule is CCCCCCC[C@@H]1C(C#N)=C(N)OC2=C1C(=O)CCC2. The second-order valence-corrected chi connectivity index (χ2v) is 5.86. The molecule has 1 heterocycles. The lowest BCUT2D eigenvalue weighted by molar-refractivity contribution is -0.117. The highest BCUT2D eigenvalue weighted by atomic mass is 16.5. The lowest BCUT2D eigenvalue weighted by Crippen LogP contribution is -2.28. The molecule has 0 amide bonds. The van der Waals surface area contributed by atoms with Crippen LogP contribution in [0.5, 0.6) is 0 Å². The molecular formula is C17H24N2O2. The van der Waals surface area contributed by atoms with E-state index in [0.717, 1.165) is 37.7 Å². The largest absolute Gasteiger partial charge is 0.444 e. The highest BCUT2D eigenvalue weighted by molar-refractivity contribution is 5.98. The van der Waals surface area contributed by atoms with Gasteiger partial charge in [-0.3, -0.25) is 4.79 Å². The highest BCUT2D eigenvalue weighted by Crippen LogP contribution is 2.40. The van der Waals surface area contributed by atoms with Crippen LogP contribution in [-0.4, -0.2) is 5.78 Å². The first-order chi connectivity index (χ1) is 10.2. The van der Waals surface area contributed by atoms with Crippen LogP contribution in [0.3, 0.4) is 0 Å². The van der Waals surface area contributed by atoms with Gasteiger partial charge >= 0.3 is 0 Å². The maximum Gasteiger partial charge on any atom is 0.204 e. The number of unbranched alkanes of at least 4 members (excludes halogenated alkanes) is 4. The van der Waals surface area contributed by atoms with Crippen molar-refractivity contribution in [3.63, 3.8) is 0 Å². The zero-order valence-corrected chi connectivity index (χ0v) is 12.8. The molecule has 0 saturated carbocycles. The number of hydrogen-bond acceptors (Lipinski definition) is 4. The van der Waals surface area contributed by atoms with Crippen molar-refractivity contribution in [3.05, 3.63) is 22.8 Å². The van der Waals surface area contributed by atoms with Crippen molar-refractivity contribution in [2.75, 3.05) is 0 Å². The first-order valence-corrected chi connectivity index (χ1v) is 8.02. The van der Waals surface area contributed by atoms with Gasteiger partial charge < -0.3 is 10.5 Å². The van der Waals surface area contributed by atoms with Gasteiger partial charge in [-0.15, -0.1) is 0 Å². The Labute approximate surface area is 126 Å². The van der Waals surface area contributed by atoms with Crippen LogP contribution >= 0.6 is 0 Å². The summed E-state index contributed by atoms with van der Waals surface area (Å²) >= 11 is 0. The molecule has 1 aliphatic heterocycles. The molecule has 114 valence electrons. The van der Waals surface area contributed by atoms with Crippen LogP contribution in [0.1, 0.15) is 64.7 Å². The van der Waals surface area contributed by atoms with E-state index in [0.29, 0.717) is 17.8 Å². The Bertz CT molecular complexity index is 511. The fourth-order valence-electron chi connectivity index (χ4n) is 3.21. The Balaban J connectivity index is 2.11. The Hall–Kier alpha value is -1.76. The molecule has 1 atom stereocenters. The number of nitriles is 1. The molecule has 0 unspecified atom stereocenters. The molecule has 1 aliphatic carbocycles. The number of allylic oxidation sites excluding steroid dienone is 3. The van der Waals surface area contributed by atoms with Crippen LogP contribution in [0.25, 0.3) is 0 Å². The monoisotopic (exact) mass is 288 g/mol. The van der Waals surface area contributed by atoms with Crippen LogP contribution in [0.15, 0.2) is 22.8 Å². The summed E-state index contributed by atoms with van der Waals surface area (Å²) in [6, 6.07) is 2.15. The Kier molecular flexibility index (Phi) is 5.44. The van der Waals surface area contributed by atoms with Crippen molar-refractivity contribution in [2.45, 2.75) is 64.7 Å². The number of ketones is 1. The topological polar surface area (TPSA) is 76.1 Å². The summed E-state index contributed by atoms with van der Waals surface area (Å²) in [5.74, 6) is 0.897. The maximum atomic E-state index is 12.2. The lowest BCUT2D eigenvalue weighted by atomic mass is 9.79. The zero-order chi connectivity index (χ0) is 15.2. The van der Waals surface area contributed by atoms with E-state index in [2.05, 4.69) is 13.0 Å². The quantitative estimate of drug-likeness (QED) is 0.756. The van der Waals surface area contributed by atoms with Gasteiger partial charge in [0.25, 0.3) is 0 Å². The van der Waals surface area contributed by atoms with Crippen molar-refractivity contribution in [1.82, 2.24) is 0 Å². The Morgan fingerprint density at radius 1 is 1.29 bits per heavy atom. The maximum absolute atomic E-state index is 12.2. The Morgan fingerprint density at radius 3 is 2.76 bits per heavy atom. The van der Waals surface area contributed by atoms with E-state index in [1.807, 2.05) is 0 Å². The van der Waals surface area contributed by atoms with E-state index in [-0.39, 0.29) is 17.6 Å². The first-order valence-electron chi connectivity index (χ1n) is 8.02. The average Bonchev–Trinajstić information content (AvgIpc) is 2.46. The summed E-state index contributed by atoms with van der Waals surface area (Å²) in [5, 5.41) is 9.35. The second kappa shape index (κ2) is 7.31. The van der Waals surface area contributed by atoms with Crippen LogP contribution in [0.2, 0.25) is 0 Å². The molecule has 0 aromatic rings. The van der Waals surface area contributed by atoms with Gasteiger partial charge in [0.15, 0.2) is 5.78 Å². The molecule has 2 N–H and O–H groups in total. The molecule has 21 heavy (non-hydrogen) atoms. The summed E-state index contributed by atoms with van der Waals surface area (Å²) in [4.78, 5) is 12.2. The molecule has 2 aliphatic rings. The third-order valence-corrected chi connectivity index (χ3v) is 4.32. The standard InChI is InChI=1S/C17H24N2O2/c1-2-3-4-5-6-8-12-13(11-18)17(19)21-15-10-7-9-14(20)16(12)15/h12H,2-10,19H2,1H3/t12-/m1/s1. The van der Waals surface area contributed by atoms with Crippen molar-refractivity contribution in [1.29, 1.82) is 5.26 Å². The predicted octanol–water partition coefficient (Wildman–Crippen LogP) is 3.69. The number of nitrogens with zero attached hydrogens (tertiary/aromatic N) is 1. The van der Waals surface area contributed by atoms with Gasteiger partial charge in [0.05, 0.1) is 5.57 Å². The number of ether oxygens (including phenoxy) is 1. The molecule has 0 bridgehead atoms. The smallest absolute Gasteiger partial charge is 0.204 e. The number of Topliss-reactive ketones (excluding diaryl/α,β-unsaturated/α-hetero) is 1. The summed E-state index contributed by atoms with van der Waals surface area (Å²) in [6.07, 6.45) is 8.77. The van der Waals surface area contributed by atoms with E-state index >= 15 is 0 Å². The second-order valence-electron chi connectivity index (χ2n) is 5.86. The van der Waals surface area contributed by atoms with Gasteiger partial charge in [0, 0.05) is 24.3 Å². The van der Waals surface area contributed by atoms with Crippen molar-refractivity contribution < 1.29 is 9.53 Å². The van der Waals surface area contributed by atoms with Gasteiger partial charge in [-0.1, -0.05) is 39.0 Å². The first kappa shape index (κ1) is 15.6. The van der Waals surface area contributed by atoms with Crippen LogP contribution in [-0.2, 0) is 9.53 Å². The van der Waals surface area contributed by atoms with Gasteiger partial charge in [-0.05, 0) is 12.8 Å². The number of hydrogen-bond donors (Lipinski definition) is 1. The molecule has 4 nitrogen and oxygen atoms in total. The fourth-order valence-corrected chi connectivity index (χ4v) is 3.21. The minimum absolute atomic E-state index is 0.134. The number of carbonyl (C=O) groups is 1. The molecule has 0 fully saturated rings. The fraction of sp³-hybridized carbons (Fsp3) is 0.647. The van der Waals surface area contributed by atoms with E-state index in [4.69, 9.17) is 10.5 Å². The van der Waals surface area contributed by atoms with Crippen molar-refractivity contribution >= 4 is 5.78 Å². The number of carbonyl (C=O) groups excluding carboxylic acids is 1. The molecule has 0 aromatic carbocycles. The minimum atomic E-state index is -0.145. The number of rotatable bonds is 6. The molecule has 0 spiro atoms. The van der Waals surface area contributed by atoms with Crippen molar-refractivity contribution in [2.24, 2.45) is 11.7 Å². The van der Waals surface area contributed by atoms with Crippen LogP contribution in [0, 0.1) is 17.2 Å². The average molecular weight is 288 g/mol. The molecule has 0 saturated heterocycles. The van der Waals surface area contributed by atoms with Gasteiger partial charge in [-0.25, -0.2) is 0 Å². The van der Waals surface area contributed by atoms with E-state index in [9.17, 15) is 10.1 Å². The summed E-state index contributed by atoms with van der Waals surface area (Å²) in [6.45, 7) is 2.19. The van der Waals surface area contributed by atoms with Gasteiger partial charge in [-0.2, -0.15) is 5.26 Å². The van der Waals surface area contributed by atoms with Crippen molar-refractivity contribution in [3.8, 4) is 6.07 Å². The third kappa shape index (κ3) is 3.47. The molecular weight excluding hydrogens is 264 g/mol. The highest BCUT2D eigenvalue weighted by Gasteiger charge is 2.36. The van der Waals surface area contributed by atoms with Crippen LogP contribution < -0.4 is 5.73 Å². The molecule has 0 radical (unpaired) electrons. The molecule has 4 heteroatoms. The number of nitrogens with two attached hydrogens (primary N) is 1. The summed E-state index contributed by atoms with van der Waals surface area (Å²) in [7, 11) is 0. The minimum Gasteiger partial charge on any atom is -0.444 e. The summed E-state index contributed by atoms with van der Waals surface area (Å²) in [5.41, 5.74) is 7.04. The Morgan fingerprint density at radius 2 is 2.05 bits per heavy atom. The van der Waals surface area contributed by atoms with E-state index < -0.39 is 0 Å². The van der Waals surface area contributed by atoms with Gasteiger partial charge in [0.2, 0.25) is 5.88 Å². The third-order valence-electron chi connectivity index (χ3n) is 4.32. The van der Waals surface area contributed by atoms with E-state index in [1.165, 1.54) is 19.3 Å². The molecule has 0 aromatic heterocycles. The van der Waals surface area contributed by atoms with Gasteiger partial charge in [0.1, 0.15) is 11.8 Å². The molecule has 2 rings (SSSR count). The summed E-state index contributed by atoms with van der Waals surface area (Å²) < 4.78 is 5.53. The lowest BCUT2D eigenvalue weighted by Gasteiger charge is -2.30.